The summed E-state index contributed by atoms with van der Waals surface area (Å²) in [5, 5.41) is 3.24. The van der Waals surface area contributed by atoms with Crippen LogP contribution in [0.15, 0.2) is 30.5 Å². The third kappa shape index (κ3) is 2.94. The van der Waals surface area contributed by atoms with Crippen LogP contribution < -0.4 is 5.32 Å². The molecule has 0 aliphatic rings. The highest BCUT2D eigenvalue weighted by Crippen LogP contribution is 2.21. The van der Waals surface area contributed by atoms with Crippen molar-refractivity contribution >= 4 is 28.8 Å². The van der Waals surface area contributed by atoms with Gasteiger partial charge in [0.2, 0.25) is 0 Å². The second-order valence-electron chi connectivity index (χ2n) is 3.28. The number of nitrogens with zero attached hydrogens (tertiary/aromatic N) is 1. The van der Waals surface area contributed by atoms with Crippen molar-refractivity contribution < 1.29 is 0 Å². The summed E-state index contributed by atoms with van der Waals surface area (Å²) in [6.07, 6.45) is 1.85. The first-order chi connectivity index (χ1) is 7.24. The van der Waals surface area contributed by atoms with E-state index in [1.54, 1.807) is 11.3 Å². The van der Waals surface area contributed by atoms with E-state index in [0.29, 0.717) is 0 Å². The molecule has 2 heterocycles. The zero-order valence-corrected chi connectivity index (χ0v) is 9.90. The zero-order valence-electron chi connectivity index (χ0n) is 8.33. The Morgan fingerprint density at radius 3 is 2.80 bits per heavy atom. The smallest absolute Gasteiger partial charge is 0.126 e. The second-order valence-corrected chi connectivity index (χ2v) is 5.08. The van der Waals surface area contributed by atoms with Crippen molar-refractivity contribution in [3.63, 3.8) is 0 Å². The van der Waals surface area contributed by atoms with Crippen LogP contribution in [0.3, 0.4) is 0 Å². The fourth-order valence-electron chi connectivity index (χ4n) is 1.20. The van der Waals surface area contributed by atoms with Crippen molar-refractivity contribution in [3.05, 3.63) is 45.2 Å². The van der Waals surface area contributed by atoms with Crippen LogP contribution in [0.2, 0.25) is 4.34 Å². The summed E-state index contributed by atoms with van der Waals surface area (Å²) in [7, 11) is 0. The fourth-order valence-corrected chi connectivity index (χ4v) is 2.22. The van der Waals surface area contributed by atoms with E-state index in [4.69, 9.17) is 11.6 Å². The van der Waals surface area contributed by atoms with Gasteiger partial charge in [-0.05, 0) is 30.7 Å². The molecule has 0 atom stereocenters. The Morgan fingerprint density at radius 1 is 1.33 bits per heavy atom. The van der Waals surface area contributed by atoms with E-state index in [2.05, 4.69) is 10.3 Å². The Morgan fingerprint density at radius 2 is 2.20 bits per heavy atom. The minimum absolute atomic E-state index is 0.771. The molecule has 2 aromatic rings. The number of nitrogens with one attached hydrogen (secondary N) is 1. The average molecular weight is 239 g/mol. The van der Waals surface area contributed by atoms with Gasteiger partial charge in [-0.15, -0.1) is 11.3 Å². The molecule has 0 aliphatic carbocycles. The lowest BCUT2D eigenvalue weighted by Crippen LogP contribution is -1.99. The van der Waals surface area contributed by atoms with Crippen LogP contribution >= 0.6 is 22.9 Å². The number of halogens is 1. The van der Waals surface area contributed by atoms with Gasteiger partial charge in [0.1, 0.15) is 5.82 Å². The van der Waals surface area contributed by atoms with E-state index in [-0.39, 0.29) is 0 Å². The molecule has 0 spiro atoms. The van der Waals surface area contributed by atoms with E-state index in [1.807, 2.05) is 37.4 Å². The maximum Gasteiger partial charge on any atom is 0.126 e. The van der Waals surface area contributed by atoms with Gasteiger partial charge in [0.25, 0.3) is 0 Å². The summed E-state index contributed by atoms with van der Waals surface area (Å²) in [5.74, 6) is 0.894. The minimum Gasteiger partial charge on any atom is -0.365 e. The Bertz CT molecular complexity index is 436. The van der Waals surface area contributed by atoms with Crippen molar-refractivity contribution in [1.82, 2.24) is 4.98 Å². The molecule has 0 unspecified atom stereocenters. The standard InChI is InChI=1S/C11H11ClN2S/c1-8-2-5-11(13-6-8)14-7-9-3-4-10(12)15-9/h2-6H,7H2,1H3,(H,13,14). The van der Waals surface area contributed by atoms with Gasteiger partial charge in [-0.25, -0.2) is 4.98 Å². The Labute approximate surface area is 97.9 Å². The summed E-state index contributed by atoms with van der Waals surface area (Å²) >= 11 is 7.42. The van der Waals surface area contributed by atoms with Crippen LogP contribution in [0.4, 0.5) is 5.82 Å². The van der Waals surface area contributed by atoms with E-state index < -0.39 is 0 Å². The molecule has 0 saturated heterocycles. The van der Waals surface area contributed by atoms with Crippen molar-refractivity contribution in [1.29, 1.82) is 0 Å². The predicted molar refractivity (Wildman–Crippen MR) is 65.6 cm³/mol. The number of anilines is 1. The average Bonchev–Trinajstić information content (AvgIpc) is 2.64. The van der Waals surface area contributed by atoms with Gasteiger partial charge in [0.05, 0.1) is 10.9 Å². The molecule has 0 aromatic carbocycles. The number of hydrogen-bond donors (Lipinski definition) is 1. The molecule has 0 fully saturated rings. The number of hydrogen-bond acceptors (Lipinski definition) is 3. The molecule has 0 bridgehead atoms. The third-order valence-electron chi connectivity index (χ3n) is 1.98. The summed E-state index contributed by atoms with van der Waals surface area (Å²) in [5.41, 5.74) is 1.17. The third-order valence-corrected chi connectivity index (χ3v) is 3.22. The predicted octanol–water partition coefficient (Wildman–Crippen LogP) is 3.72. The van der Waals surface area contributed by atoms with Crippen LogP contribution in [-0.4, -0.2) is 4.98 Å². The Kier molecular flexibility index (Phi) is 3.23. The van der Waals surface area contributed by atoms with Crippen LogP contribution in [0.25, 0.3) is 0 Å². The molecule has 2 nitrogen and oxygen atoms in total. The van der Waals surface area contributed by atoms with Crippen molar-refractivity contribution in [2.45, 2.75) is 13.5 Å². The monoisotopic (exact) mass is 238 g/mol. The van der Waals surface area contributed by atoms with Gasteiger partial charge in [0.15, 0.2) is 0 Å². The molecule has 1 N–H and O–H groups in total. The summed E-state index contributed by atoms with van der Waals surface area (Å²) in [6.45, 7) is 2.79. The number of pyridine rings is 1. The first-order valence-electron chi connectivity index (χ1n) is 4.65. The maximum absolute atomic E-state index is 5.84. The van der Waals surface area contributed by atoms with Crippen molar-refractivity contribution in [3.8, 4) is 0 Å². The van der Waals surface area contributed by atoms with Crippen LogP contribution in [0, 0.1) is 6.92 Å². The van der Waals surface area contributed by atoms with E-state index >= 15 is 0 Å². The van der Waals surface area contributed by atoms with Crippen LogP contribution in [-0.2, 0) is 6.54 Å². The van der Waals surface area contributed by atoms with Gasteiger partial charge in [-0.2, -0.15) is 0 Å². The largest absolute Gasteiger partial charge is 0.365 e. The molecule has 78 valence electrons. The summed E-state index contributed by atoms with van der Waals surface area (Å²) in [6, 6.07) is 7.95. The first kappa shape index (κ1) is 10.5. The molecule has 2 rings (SSSR count). The van der Waals surface area contributed by atoms with Gasteiger partial charge < -0.3 is 5.32 Å². The number of aryl methyl sites for hydroxylation is 1. The fraction of sp³-hybridized carbons (Fsp3) is 0.182. The minimum atomic E-state index is 0.771. The molecule has 0 radical (unpaired) electrons. The van der Waals surface area contributed by atoms with Crippen molar-refractivity contribution in [2.75, 3.05) is 5.32 Å². The number of thiophene rings is 1. The van der Waals surface area contributed by atoms with Crippen LogP contribution in [0.5, 0.6) is 0 Å². The maximum atomic E-state index is 5.84. The lowest BCUT2D eigenvalue weighted by molar-refractivity contribution is 1.13. The summed E-state index contributed by atoms with van der Waals surface area (Å²) in [4.78, 5) is 5.47. The van der Waals surface area contributed by atoms with Crippen molar-refractivity contribution in [2.24, 2.45) is 0 Å². The Hall–Kier alpha value is -1.06. The van der Waals surface area contributed by atoms with Crippen LogP contribution in [0.1, 0.15) is 10.4 Å². The van der Waals surface area contributed by atoms with Gasteiger partial charge >= 0.3 is 0 Å². The number of aromatic nitrogens is 1. The van der Waals surface area contributed by atoms with E-state index in [9.17, 15) is 0 Å². The topological polar surface area (TPSA) is 24.9 Å². The molecule has 0 saturated carbocycles. The normalized spacial score (nSPS) is 10.3. The molecular weight excluding hydrogens is 228 g/mol. The molecule has 15 heavy (non-hydrogen) atoms. The Balaban J connectivity index is 1.96. The van der Waals surface area contributed by atoms with Gasteiger partial charge in [-0.3, -0.25) is 0 Å². The molecule has 0 amide bonds. The highest BCUT2D eigenvalue weighted by atomic mass is 35.5. The van der Waals surface area contributed by atoms with Gasteiger partial charge in [-0.1, -0.05) is 17.7 Å². The first-order valence-corrected chi connectivity index (χ1v) is 5.84. The SMILES string of the molecule is Cc1ccc(NCc2ccc(Cl)s2)nc1. The highest BCUT2D eigenvalue weighted by molar-refractivity contribution is 7.16. The lowest BCUT2D eigenvalue weighted by Gasteiger charge is -2.03. The van der Waals surface area contributed by atoms with E-state index in [0.717, 1.165) is 16.7 Å². The lowest BCUT2D eigenvalue weighted by atomic mass is 10.3. The molecule has 0 aliphatic heterocycles. The van der Waals surface area contributed by atoms with Gasteiger partial charge in [0, 0.05) is 11.1 Å². The van der Waals surface area contributed by atoms with E-state index in [1.165, 1.54) is 10.4 Å². The molecule has 2 aromatic heterocycles. The highest BCUT2D eigenvalue weighted by Gasteiger charge is 1.98. The molecule has 4 heteroatoms. The quantitative estimate of drug-likeness (QED) is 0.882. The second kappa shape index (κ2) is 4.64. The number of rotatable bonds is 3. The molecular formula is C11H11ClN2S. The summed E-state index contributed by atoms with van der Waals surface area (Å²) < 4.78 is 0.823. The zero-order chi connectivity index (χ0) is 10.7.